The summed E-state index contributed by atoms with van der Waals surface area (Å²) in [5.74, 6) is 0. The van der Waals surface area contributed by atoms with Crippen LogP contribution < -0.4 is 18.5 Å². The highest BCUT2D eigenvalue weighted by molar-refractivity contribution is 7.60. The van der Waals surface area contributed by atoms with Gasteiger partial charge in [-0.05, 0) is 73.1 Å². The maximum Gasteiger partial charge on any atom is 0.481 e. The van der Waals surface area contributed by atoms with Crippen LogP contribution in [-0.4, -0.2) is 21.2 Å². The topological polar surface area (TPSA) is 218 Å². The lowest BCUT2D eigenvalue weighted by Gasteiger charge is -2.11. The maximum atomic E-state index is 11.6. The first-order valence-electron chi connectivity index (χ1n) is 11.7. The molecule has 0 aliphatic rings. The van der Waals surface area contributed by atoms with Crippen molar-refractivity contribution in [1.82, 2.24) is 18.5 Å². The van der Waals surface area contributed by atoms with Gasteiger partial charge in [0.1, 0.15) is 0 Å². The molecule has 0 fully saturated rings. The third-order valence-corrected chi connectivity index (χ3v) is 5.65. The van der Waals surface area contributed by atoms with Crippen molar-refractivity contribution in [2.45, 2.75) is 73.1 Å². The van der Waals surface area contributed by atoms with Gasteiger partial charge < -0.3 is 33.1 Å². The largest absolute Gasteiger partial charge is 0.481 e. The fraction of sp³-hybridized carbons (Fsp3) is 0.600. The molecule has 0 amide bonds. The van der Waals surface area contributed by atoms with Crippen LogP contribution in [0.5, 0.6) is 0 Å². The number of rotatable bonds is 14. The molecule has 1 atom stereocenters. The average molecular weight is 507 g/mol. The molecule has 1 unspecified atom stereocenters. The van der Waals surface area contributed by atoms with Gasteiger partial charge in [-0.3, -0.25) is 4.52 Å². The average Bonchev–Trinajstić information content (AvgIpc) is 2.56. The molecule has 0 rings (SSSR count). The summed E-state index contributed by atoms with van der Waals surface area (Å²) in [6.07, 6.45) is 10.5. The van der Waals surface area contributed by atoms with Crippen LogP contribution in [0.3, 0.4) is 0 Å². The van der Waals surface area contributed by atoms with Gasteiger partial charge in [-0.2, -0.15) is 4.31 Å². The summed E-state index contributed by atoms with van der Waals surface area (Å²) in [6, 6.07) is 0. The molecule has 0 aromatic heterocycles. The number of allylic oxidation sites excluding steroid dienone is 7. The SMILES string of the molecule is N.N.N.[2H]C([2H])(/C=C(/CC/C=C(\C)CC/C=C(\C)CCC=C(C)C)C([2H])([2H])[2H])OP(=O)(O)OP(=O)(O)O. The van der Waals surface area contributed by atoms with Gasteiger partial charge >= 0.3 is 15.6 Å². The molecule has 32 heavy (non-hydrogen) atoms. The Kier molecular flexibility index (Phi) is 16.7. The summed E-state index contributed by atoms with van der Waals surface area (Å²) in [5, 5.41) is 0. The Morgan fingerprint density at radius 3 is 1.66 bits per heavy atom. The van der Waals surface area contributed by atoms with E-state index in [2.05, 4.69) is 41.8 Å². The molecule has 0 heterocycles. The first-order valence-corrected chi connectivity index (χ1v) is 12.2. The van der Waals surface area contributed by atoms with Gasteiger partial charge in [-0.15, -0.1) is 0 Å². The number of hydrogen-bond acceptors (Lipinski definition) is 7. The second kappa shape index (κ2) is 19.6. The lowest BCUT2D eigenvalue weighted by molar-refractivity contribution is 0.191. The minimum absolute atomic E-state index is 0. The minimum atomic E-state index is -5.51. The summed E-state index contributed by atoms with van der Waals surface area (Å²) in [6.45, 7) is 2.27. The molecule has 10 nitrogen and oxygen atoms in total. The lowest BCUT2D eigenvalue weighted by Crippen LogP contribution is -1.94. The van der Waals surface area contributed by atoms with Gasteiger partial charge in [0.05, 0.1) is 9.30 Å². The van der Waals surface area contributed by atoms with E-state index in [1.165, 1.54) is 11.1 Å². The van der Waals surface area contributed by atoms with Gasteiger partial charge in [0.15, 0.2) is 0 Å². The first-order chi connectivity index (χ1) is 15.2. The van der Waals surface area contributed by atoms with Gasteiger partial charge in [-0.1, -0.05) is 46.6 Å². The molecule has 0 aliphatic carbocycles. The number of phosphoric acid groups is 2. The van der Waals surface area contributed by atoms with Crippen molar-refractivity contribution in [1.29, 1.82) is 0 Å². The van der Waals surface area contributed by atoms with Crippen molar-refractivity contribution in [3.05, 3.63) is 46.6 Å². The van der Waals surface area contributed by atoms with Gasteiger partial charge in [0, 0.05) is 4.11 Å². The normalized spacial score (nSPS) is 17.6. The summed E-state index contributed by atoms with van der Waals surface area (Å²) in [5.41, 5.74) is 3.25. The highest BCUT2D eigenvalue weighted by Gasteiger charge is 2.31. The lowest BCUT2D eigenvalue weighted by atomic mass is 10.0. The molecule has 0 bridgehead atoms. The first kappa shape index (κ1) is 27.3. The predicted molar refractivity (Wildman–Crippen MR) is 132 cm³/mol. The zero-order chi connectivity index (χ0) is 26.8. The Hall–Kier alpha value is -0.900. The monoisotopic (exact) mass is 506 g/mol. The smallest absolute Gasteiger partial charge is 0.344 e. The number of hydrogen-bond donors (Lipinski definition) is 6. The standard InChI is InChI=1S/C20H36O7P2.3H3N/c1-17(2)9-6-10-18(3)11-7-12-19(4)13-8-14-20(5)15-16-26-29(24,25)27-28(21,22)23;;;/h9,11,13,15H,6-8,10,12,14,16H2,1-5H3,(H,24,25)(H2,21,22,23);3*1H3/b18-11+,19-13+,20-15+;;;/i5D3,16D2;;;. The maximum absolute atomic E-state index is 11.6. The van der Waals surface area contributed by atoms with E-state index >= 15 is 0 Å². The van der Waals surface area contributed by atoms with Crippen molar-refractivity contribution in [3.8, 4) is 0 Å². The van der Waals surface area contributed by atoms with E-state index in [-0.39, 0.29) is 36.9 Å². The van der Waals surface area contributed by atoms with Crippen molar-refractivity contribution in [2.75, 3.05) is 6.56 Å². The fourth-order valence-corrected chi connectivity index (χ4v) is 3.59. The Labute approximate surface area is 200 Å². The molecule has 0 aromatic rings. The highest BCUT2D eigenvalue weighted by Crippen LogP contribution is 2.57. The van der Waals surface area contributed by atoms with E-state index in [1.807, 2.05) is 13.0 Å². The van der Waals surface area contributed by atoms with Gasteiger partial charge in [0.2, 0.25) is 0 Å². The van der Waals surface area contributed by atoms with Crippen LogP contribution in [0.2, 0.25) is 0 Å². The summed E-state index contributed by atoms with van der Waals surface area (Å²) < 4.78 is 68.1. The van der Waals surface area contributed by atoms with E-state index < -0.39 is 29.1 Å². The van der Waals surface area contributed by atoms with Gasteiger partial charge in [0.25, 0.3) is 0 Å². The summed E-state index contributed by atoms with van der Waals surface area (Å²) >= 11 is 0. The molecule has 0 spiro atoms. The van der Waals surface area contributed by atoms with E-state index in [1.54, 1.807) is 0 Å². The zero-order valence-corrected chi connectivity index (χ0v) is 21.3. The molecular weight excluding hydrogens is 456 g/mol. The summed E-state index contributed by atoms with van der Waals surface area (Å²) in [4.78, 5) is 26.6. The Bertz CT molecular complexity index is 897. The van der Waals surface area contributed by atoms with Crippen LogP contribution >= 0.6 is 15.6 Å². The highest BCUT2D eigenvalue weighted by atomic mass is 31.3. The molecule has 0 radical (unpaired) electrons. The molecular formula is C20H45N3O7P2. The molecule has 0 saturated heterocycles. The summed E-state index contributed by atoms with van der Waals surface area (Å²) in [7, 11) is -11.0. The fourth-order valence-electron chi connectivity index (χ4n) is 2.20. The van der Waals surface area contributed by atoms with Crippen LogP contribution in [0.1, 0.15) is 79.9 Å². The van der Waals surface area contributed by atoms with E-state index in [0.717, 1.165) is 31.3 Å². The number of phosphoric ester groups is 1. The van der Waals surface area contributed by atoms with Crippen LogP contribution in [0.15, 0.2) is 46.6 Å². The molecule has 12 heteroatoms. The quantitative estimate of drug-likeness (QED) is 0.106. The predicted octanol–water partition coefficient (Wildman–Crippen LogP) is 6.84. The van der Waals surface area contributed by atoms with E-state index in [0.29, 0.717) is 6.08 Å². The van der Waals surface area contributed by atoms with Crippen molar-refractivity contribution >= 4 is 15.6 Å². The third kappa shape index (κ3) is 25.4. The molecule has 0 aromatic carbocycles. The Morgan fingerprint density at radius 2 is 1.25 bits per heavy atom. The van der Waals surface area contributed by atoms with Crippen LogP contribution in [0.25, 0.3) is 0 Å². The van der Waals surface area contributed by atoms with Gasteiger partial charge in [-0.25, -0.2) is 9.13 Å². The minimum Gasteiger partial charge on any atom is -0.344 e. The third-order valence-electron chi connectivity index (χ3n) is 3.64. The molecule has 0 saturated carbocycles. The van der Waals surface area contributed by atoms with Crippen LogP contribution in [0.4, 0.5) is 0 Å². The van der Waals surface area contributed by atoms with Crippen molar-refractivity contribution in [2.24, 2.45) is 0 Å². The second-order valence-corrected chi connectivity index (χ2v) is 9.67. The van der Waals surface area contributed by atoms with Crippen molar-refractivity contribution < 1.29 is 39.5 Å². The van der Waals surface area contributed by atoms with E-state index in [9.17, 15) is 14.0 Å². The Morgan fingerprint density at radius 1 is 0.812 bits per heavy atom. The Balaban J connectivity index is -0.00000181. The molecule has 12 N–H and O–H groups in total. The molecule has 192 valence electrons. The van der Waals surface area contributed by atoms with Crippen LogP contribution in [-0.2, 0) is 18.0 Å². The van der Waals surface area contributed by atoms with Crippen LogP contribution in [0, 0.1) is 0 Å². The second-order valence-electron chi connectivity index (χ2n) is 6.92. The van der Waals surface area contributed by atoms with E-state index in [4.69, 9.17) is 16.6 Å². The van der Waals surface area contributed by atoms with Crippen molar-refractivity contribution in [3.63, 3.8) is 0 Å². The molecule has 0 aliphatic heterocycles. The zero-order valence-electron chi connectivity index (χ0n) is 24.5.